The van der Waals surface area contributed by atoms with Crippen LogP contribution in [0.4, 0.5) is 0 Å². The van der Waals surface area contributed by atoms with E-state index < -0.39 is 0 Å². The topological polar surface area (TPSA) is 77.5 Å². The van der Waals surface area contributed by atoms with E-state index >= 15 is 0 Å². The van der Waals surface area contributed by atoms with E-state index in [9.17, 15) is 9.59 Å². The van der Waals surface area contributed by atoms with Crippen molar-refractivity contribution in [1.82, 2.24) is 10.1 Å². The summed E-state index contributed by atoms with van der Waals surface area (Å²) < 4.78 is 11.6. The van der Waals surface area contributed by atoms with E-state index in [4.69, 9.17) is 19.1 Å². The SMILES string of the molecule is CCON1C(C)(C)CC(OC(=O)CCC(=O)OC2CC(C)(C)N(OCC)C(C)(C)C2)CC1(C)C. The number of piperidine rings is 2. The molecule has 8 heteroatoms. The second-order valence-electron chi connectivity index (χ2n) is 12.2. The van der Waals surface area contributed by atoms with Gasteiger partial charge >= 0.3 is 11.9 Å². The van der Waals surface area contributed by atoms with E-state index in [1.165, 1.54) is 0 Å². The zero-order valence-corrected chi connectivity index (χ0v) is 23.2. The standard InChI is InChI=1S/C26H48N2O6/c1-11-31-27-23(3,4)15-19(16-24(27,5)6)33-21(29)13-14-22(30)34-20-17-25(7,8)28(32-12-2)26(9,10)18-20/h19-20H,11-18H2,1-10H3. The van der Waals surface area contributed by atoms with Crippen LogP contribution < -0.4 is 0 Å². The normalized spacial score (nSPS) is 25.1. The quantitative estimate of drug-likeness (QED) is 0.432. The van der Waals surface area contributed by atoms with Crippen molar-refractivity contribution < 1.29 is 28.7 Å². The van der Waals surface area contributed by atoms with Crippen molar-refractivity contribution in [3.8, 4) is 0 Å². The summed E-state index contributed by atoms with van der Waals surface area (Å²) in [7, 11) is 0. The molecule has 0 saturated carbocycles. The highest BCUT2D eigenvalue weighted by molar-refractivity contribution is 5.77. The van der Waals surface area contributed by atoms with E-state index in [2.05, 4.69) is 55.4 Å². The minimum Gasteiger partial charge on any atom is -0.462 e. The summed E-state index contributed by atoms with van der Waals surface area (Å²) in [6.07, 6.45) is 2.32. The number of hydroxylamine groups is 4. The van der Waals surface area contributed by atoms with Gasteiger partial charge in [-0.2, -0.15) is 10.1 Å². The number of nitrogens with zero attached hydrogens (tertiary/aromatic N) is 2. The predicted octanol–water partition coefficient (Wildman–Crippen LogP) is 4.80. The van der Waals surface area contributed by atoms with E-state index in [0.29, 0.717) is 38.9 Å². The summed E-state index contributed by atoms with van der Waals surface area (Å²) in [4.78, 5) is 36.9. The van der Waals surface area contributed by atoms with Crippen molar-refractivity contribution in [3.05, 3.63) is 0 Å². The molecule has 2 fully saturated rings. The third kappa shape index (κ3) is 7.15. The Hall–Kier alpha value is -1.22. The van der Waals surface area contributed by atoms with Crippen LogP contribution in [-0.2, 0) is 28.7 Å². The van der Waals surface area contributed by atoms with Crippen molar-refractivity contribution in [2.75, 3.05) is 13.2 Å². The molecule has 0 aromatic heterocycles. The van der Waals surface area contributed by atoms with Crippen molar-refractivity contribution in [2.24, 2.45) is 0 Å². The molecule has 0 unspecified atom stereocenters. The maximum absolute atomic E-state index is 12.6. The molecular formula is C26H48N2O6. The van der Waals surface area contributed by atoms with Gasteiger partial charge in [0.15, 0.2) is 0 Å². The zero-order valence-electron chi connectivity index (χ0n) is 23.2. The molecule has 2 saturated heterocycles. The van der Waals surface area contributed by atoms with E-state index in [1.807, 2.05) is 24.0 Å². The minimum absolute atomic E-state index is 0.0238. The highest BCUT2D eigenvalue weighted by atomic mass is 16.7. The summed E-state index contributed by atoms with van der Waals surface area (Å²) in [6, 6.07) is 0. The second kappa shape index (κ2) is 10.8. The van der Waals surface area contributed by atoms with Gasteiger partial charge in [0.25, 0.3) is 0 Å². The molecule has 0 aromatic rings. The third-order valence-corrected chi connectivity index (χ3v) is 6.75. The molecule has 2 aliphatic rings. The fraction of sp³-hybridized carbons (Fsp3) is 0.923. The summed E-state index contributed by atoms with van der Waals surface area (Å²) in [5, 5.41) is 4.06. The van der Waals surface area contributed by atoms with Gasteiger partial charge in [-0.15, -0.1) is 0 Å². The number of carbonyl (C=O) groups excluding carboxylic acids is 2. The Morgan fingerprint density at radius 3 is 1.12 bits per heavy atom. The number of carbonyl (C=O) groups is 2. The number of rotatable bonds is 9. The van der Waals surface area contributed by atoms with Crippen LogP contribution >= 0.6 is 0 Å². The first-order chi connectivity index (χ1) is 15.5. The third-order valence-electron chi connectivity index (χ3n) is 6.75. The van der Waals surface area contributed by atoms with Gasteiger partial charge < -0.3 is 9.47 Å². The van der Waals surface area contributed by atoms with Crippen LogP contribution in [0.1, 0.15) is 108 Å². The first kappa shape index (κ1) is 29.0. The summed E-state index contributed by atoms with van der Waals surface area (Å²) in [5.41, 5.74) is -1.07. The number of esters is 2. The fourth-order valence-electron chi connectivity index (χ4n) is 6.16. The van der Waals surface area contributed by atoms with Crippen LogP contribution in [0.25, 0.3) is 0 Å². The largest absolute Gasteiger partial charge is 0.462 e. The Morgan fingerprint density at radius 1 is 0.618 bits per heavy atom. The van der Waals surface area contributed by atoms with Gasteiger partial charge in [0.1, 0.15) is 12.2 Å². The second-order valence-corrected chi connectivity index (χ2v) is 12.2. The molecule has 0 amide bonds. The van der Waals surface area contributed by atoms with Crippen LogP contribution in [-0.4, -0.2) is 69.6 Å². The fourth-order valence-corrected chi connectivity index (χ4v) is 6.16. The van der Waals surface area contributed by atoms with Crippen molar-refractivity contribution in [3.63, 3.8) is 0 Å². The minimum atomic E-state index is -0.356. The lowest BCUT2D eigenvalue weighted by Crippen LogP contribution is -2.62. The molecular weight excluding hydrogens is 436 g/mol. The average Bonchev–Trinajstić information content (AvgIpc) is 2.64. The zero-order chi connectivity index (χ0) is 25.9. The predicted molar refractivity (Wildman–Crippen MR) is 131 cm³/mol. The lowest BCUT2D eigenvalue weighted by atomic mass is 9.80. The van der Waals surface area contributed by atoms with Gasteiger partial charge in [-0.1, -0.05) is 0 Å². The van der Waals surface area contributed by atoms with Crippen LogP contribution in [0.5, 0.6) is 0 Å². The molecule has 198 valence electrons. The van der Waals surface area contributed by atoms with E-state index in [0.717, 1.165) is 0 Å². The van der Waals surface area contributed by atoms with Crippen molar-refractivity contribution in [1.29, 1.82) is 0 Å². The molecule has 0 aromatic carbocycles. The summed E-state index contributed by atoms with van der Waals surface area (Å²) >= 11 is 0. The lowest BCUT2D eigenvalue weighted by molar-refractivity contribution is -0.291. The first-order valence-electron chi connectivity index (χ1n) is 12.8. The first-order valence-corrected chi connectivity index (χ1v) is 12.8. The van der Waals surface area contributed by atoms with Gasteiger partial charge in [0.05, 0.1) is 26.1 Å². The lowest BCUT2D eigenvalue weighted by Gasteiger charge is -2.53. The average molecular weight is 485 g/mol. The van der Waals surface area contributed by atoms with Gasteiger partial charge in [-0.05, 0) is 69.2 Å². The van der Waals surface area contributed by atoms with Crippen LogP contribution in [0.15, 0.2) is 0 Å². The van der Waals surface area contributed by atoms with Crippen LogP contribution in [0.2, 0.25) is 0 Å². The van der Waals surface area contributed by atoms with Crippen LogP contribution in [0, 0.1) is 0 Å². The van der Waals surface area contributed by atoms with E-state index in [-0.39, 0.29) is 59.1 Å². The molecule has 0 N–H and O–H groups in total. The van der Waals surface area contributed by atoms with Crippen molar-refractivity contribution in [2.45, 2.75) is 142 Å². The number of ether oxygens (including phenoxy) is 2. The number of hydrogen-bond donors (Lipinski definition) is 0. The molecule has 0 radical (unpaired) electrons. The Labute approximate surface area is 206 Å². The maximum atomic E-state index is 12.6. The molecule has 0 aliphatic carbocycles. The van der Waals surface area contributed by atoms with Gasteiger partial charge in [-0.25, -0.2) is 0 Å². The Balaban J connectivity index is 1.86. The van der Waals surface area contributed by atoms with Gasteiger partial charge in [0.2, 0.25) is 0 Å². The number of hydrogen-bond acceptors (Lipinski definition) is 8. The van der Waals surface area contributed by atoms with Crippen molar-refractivity contribution >= 4 is 11.9 Å². The molecule has 0 spiro atoms. The smallest absolute Gasteiger partial charge is 0.306 e. The summed E-state index contributed by atoms with van der Waals surface area (Å²) in [6.45, 7) is 21.9. The molecule has 2 heterocycles. The maximum Gasteiger partial charge on any atom is 0.306 e. The highest BCUT2D eigenvalue weighted by Crippen LogP contribution is 2.41. The van der Waals surface area contributed by atoms with E-state index in [1.54, 1.807) is 0 Å². The molecule has 2 rings (SSSR count). The Morgan fingerprint density at radius 2 is 0.882 bits per heavy atom. The molecule has 8 nitrogen and oxygen atoms in total. The monoisotopic (exact) mass is 484 g/mol. The van der Waals surface area contributed by atoms with Crippen LogP contribution in [0.3, 0.4) is 0 Å². The highest BCUT2D eigenvalue weighted by Gasteiger charge is 2.49. The van der Waals surface area contributed by atoms with Gasteiger partial charge in [-0.3, -0.25) is 19.3 Å². The Bertz CT molecular complexity index is 622. The molecule has 0 atom stereocenters. The molecule has 34 heavy (non-hydrogen) atoms. The molecule has 0 bridgehead atoms. The summed E-state index contributed by atoms with van der Waals surface area (Å²) in [5.74, 6) is -0.713. The Kier molecular flexibility index (Phi) is 9.22. The molecule has 2 aliphatic heterocycles. The van der Waals surface area contributed by atoms with Gasteiger partial charge in [0, 0.05) is 47.8 Å².